The van der Waals surface area contributed by atoms with Gasteiger partial charge in [-0.2, -0.15) is 0 Å². The van der Waals surface area contributed by atoms with Gasteiger partial charge in [0.25, 0.3) is 17.4 Å². The average Bonchev–Trinajstić information content (AvgIpc) is 3.62. The van der Waals surface area contributed by atoms with Gasteiger partial charge in [-0.15, -0.1) is 11.3 Å². The molecule has 0 spiro atoms. The number of aromatic amines is 1. The first kappa shape index (κ1) is 28.5. The highest BCUT2D eigenvalue weighted by Crippen LogP contribution is 2.57. The van der Waals surface area contributed by atoms with Crippen LogP contribution in [0, 0.1) is 10.8 Å². The number of nitrogens with zero attached hydrogens (tertiary/aromatic N) is 1. The van der Waals surface area contributed by atoms with Crippen LogP contribution in [0.1, 0.15) is 77.5 Å². The van der Waals surface area contributed by atoms with E-state index in [0.29, 0.717) is 41.0 Å². The van der Waals surface area contributed by atoms with E-state index in [1.165, 1.54) is 18.4 Å². The second-order valence-corrected chi connectivity index (χ2v) is 13.5. The van der Waals surface area contributed by atoms with Crippen molar-refractivity contribution in [3.8, 4) is 5.75 Å². The Labute approximate surface area is 256 Å². The number of methoxy groups -OCH3 is 1. The molecule has 4 N–H and O–H groups in total. The van der Waals surface area contributed by atoms with Gasteiger partial charge >= 0.3 is 5.97 Å². The first-order chi connectivity index (χ1) is 21.2. The number of aryl methyl sites for hydroxylation is 1. The summed E-state index contributed by atoms with van der Waals surface area (Å²) in [6.45, 7) is 0.667. The summed E-state index contributed by atoms with van der Waals surface area (Å²) >= 11 is 1.36. The number of aromatic nitrogens is 2. The fourth-order valence-electron chi connectivity index (χ4n) is 7.37. The number of fused-ring (bicyclic) bond motifs is 7. The van der Waals surface area contributed by atoms with E-state index in [-0.39, 0.29) is 47.6 Å². The maximum absolute atomic E-state index is 13.5. The third-order valence-corrected chi connectivity index (χ3v) is 11.2. The van der Waals surface area contributed by atoms with Crippen LogP contribution in [0.5, 0.6) is 5.75 Å². The minimum Gasteiger partial charge on any atom is -0.482 e. The molecule has 44 heavy (non-hydrogen) atoms. The number of H-pyrrole nitrogens is 1. The van der Waals surface area contributed by atoms with Crippen molar-refractivity contribution in [1.29, 1.82) is 0 Å². The van der Waals surface area contributed by atoms with E-state index in [1.807, 2.05) is 0 Å². The number of ether oxygens (including phenoxy) is 2. The molecule has 8 rings (SSSR count). The molecule has 0 saturated heterocycles. The van der Waals surface area contributed by atoms with E-state index < -0.39 is 17.4 Å². The normalized spacial score (nSPS) is 25.0. The van der Waals surface area contributed by atoms with Crippen molar-refractivity contribution >= 4 is 50.9 Å². The zero-order valence-electron chi connectivity index (χ0n) is 24.3. The van der Waals surface area contributed by atoms with Crippen molar-refractivity contribution in [2.75, 3.05) is 25.6 Å². The fourth-order valence-corrected chi connectivity index (χ4v) is 8.62. The predicted octanol–water partition coefficient (Wildman–Crippen LogP) is 2.91. The van der Waals surface area contributed by atoms with Gasteiger partial charge in [-0.05, 0) is 80.0 Å². The first-order valence-electron chi connectivity index (χ1n) is 14.9. The van der Waals surface area contributed by atoms with Gasteiger partial charge in [-0.3, -0.25) is 24.0 Å². The third-order valence-electron chi connectivity index (χ3n) is 10.0. The monoisotopic (exact) mass is 619 g/mol. The van der Waals surface area contributed by atoms with Crippen LogP contribution in [0.4, 0.5) is 5.69 Å². The number of carbonyl (C=O) groups excluding carboxylic acids is 4. The molecule has 13 heteroatoms. The van der Waals surface area contributed by atoms with Gasteiger partial charge in [0.05, 0.1) is 29.5 Å². The maximum atomic E-state index is 13.5. The zero-order chi connectivity index (χ0) is 30.6. The van der Waals surface area contributed by atoms with Crippen molar-refractivity contribution in [2.45, 2.75) is 63.8 Å². The number of nitrogens with one attached hydrogen (secondary N) is 4. The maximum Gasteiger partial charge on any atom is 0.311 e. The van der Waals surface area contributed by atoms with E-state index in [4.69, 9.17) is 9.47 Å². The van der Waals surface area contributed by atoms with Crippen LogP contribution in [-0.4, -0.2) is 53.9 Å². The molecule has 1 aliphatic heterocycles. The van der Waals surface area contributed by atoms with Crippen molar-refractivity contribution in [3.63, 3.8) is 0 Å². The number of hydrogen-bond acceptors (Lipinski definition) is 9. The molecule has 1 unspecified atom stereocenters. The van der Waals surface area contributed by atoms with Gasteiger partial charge in [-0.25, -0.2) is 4.98 Å². The third kappa shape index (κ3) is 4.83. The SMILES string of the molecule is COC(=O)C12CCC(CNC(=O)C3CCc4sc5nc(C(=O)NCc6ccc7c(c6)NC(=O)CO7)[nH]c(=O)c5c43)(CC1)CC2. The van der Waals surface area contributed by atoms with Crippen LogP contribution >= 0.6 is 11.3 Å². The van der Waals surface area contributed by atoms with Gasteiger partial charge in [0.2, 0.25) is 11.7 Å². The smallest absolute Gasteiger partial charge is 0.311 e. The Morgan fingerprint density at radius 3 is 2.64 bits per heavy atom. The fraction of sp³-hybridized carbons (Fsp3) is 0.484. The summed E-state index contributed by atoms with van der Waals surface area (Å²) < 4.78 is 10.4. The lowest BCUT2D eigenvalue weighted by Gasteiger charge is -2.51. The number of thiophene rings is 1. The van der Waals surface area contributed by atoms with Crippen molar-refractivity contribution in [3.05, 3.63) is 50.4 Å². The number of anilines is 1. The minimum absolute atomic E-state index is 0.00825. The standard InChI is InChI=1S/C31H33N5O7S/c1-42-29(41)31-9-6-30(7-10-31,8-11-31)15-33-25(38)17-3-5-20-22(17)23-26(39)35-24(36-28(23)44-20)27(40)32-13-16-2-4-19-18(12-16)34-21(37)14-43-19/h2,4,12,17H,3,5-11,13-15H2,1H3,(H,32,40)(H,33,38)(H,34,37)(H,35,36,39). The number of amides is 3. The molecule has 1 aromatic carbocycles. The van der Waals surface area contributed by atoms with E-state index in [1.54, 1.807) is 18.2 Å². The topological polar surface area (TPSA) is 169 Å². The molecule has 3 fully saturated rings. The molecule has 230 valence electrons. The molecule has 2 bridgehead atoms. The molecule has 3 saturated carbocycles. The van der Waals surface area contributed by atoms with E-state index in [9.17, 15) is 24.0 Å². The molecule has 3 amide bonds. The summed E-state index contributed by atoms with van der Waals surface area (Å²) in [5, 5.41) is 9.06. The molecule has 3 heterocycles. The molecule has 4 aliphatic carbocycles. The van der Waals surface area contributed by atoms with Gasteiger partial charge in [0.15, 0.2) is 6.61 Å². The number of carbonyl (C=O) groups is 4. The highest BCUT2D eigenvalue weighted by molar-refractivity contribution is 7.18. The number of hydrogen-bond donors (Lipinski definition) is 4. The number of rotatable bonds is 7. The van der Waals surface area contributed by atoms with Gasteiger partial charge in [0, 0.05) is 18.0 Å². The van der Waals surface area contributed by atoms with Gasteiger partial charge in [-0.1, -0.05) is 6.07 Å². The highest BCUT2D eigenvalue weighted by atomic mass is 32.1. The van der Waals surface area contributed by atoms with Gasteiger partial charge in [0.1, 0.15) is 10.6 Å². The number of esters is 1. The Balaban J connectivity index is 1.02. The quantitative estimate of drug-likeness (QED) is 0.293. The van der Waals surface area contributed by atoms with Crippen LogP contribution in [0.2, 0.25) is 0 Å². The van der Waals surface area contributed by atoms with Crippen molar-refractivity contribution < 1.29 is 28.7 Å². The zero-order valence-corrected chi connectivity index (χ0v) is 25.1. The lowest BCUT2D eigenvalue weighted by molar-refractivity contribution is -0.162. The van der Waals surface area contributed by atoms with Gasteiger partial charge < -0.3 is 30.4 Å². The van der Waals surface area contributed by atoms with Crippen LogP contribution in [-0.2, 0) is 32.1 Å². The van der Waals surface area contributed by atoms with Crippen LogP contribution in [0.25, 0.3) is 10.2 Å². The Bertz CT molecular complexity index is 1750. The molecular formula is C31H33N5O7S. The number of benzene rings is 1. The van der Waals surface area contributed by atoms with Crippen molar-refractivity contribution in [1.82, 2.24) is 20.6 Å². The second kappa shape index (κ2) is 10.7. The largest absolute Gasteiger partial charge is 0.482 e. The van der Waals surface area contributed by atoms with E-state index in [2.05, 4.69) is 25.9 Å². The summed E-state index contributed by atoms with van der Waals surface area (Å²) in [6.07, 6.45) is 6.29. The highest BCUT2D eigenvalue weighted by Gasteiger charge is 2.53. The Hall–Kier alpha value is -4.26. The summed E-state index contributed by atoms with van der Waals surface area (Å²) in [5.41, 5.74) is 1.17. The summed E-state index contributed by atoms with van der Waals surface area (Å²) in [4.78, 5) is 72.2. The van der Waals surface area contributed by atoms with E-state index >= 15 is 0 Å². The lowest BCUT2D eigenvalue weighted by atomic mass is 9.53. The molecule has 2 aromatic heterocycles. The summed E-state index contributed by atoms with van der Waals surface area (Å²) in [7, 11) is 1.45. The van der Waals surface area contributed by atoms with Crippen molar-refractivity contribution in [2.24, 2.45) is 10.8 Å². The summed E-state index contributed by atoms with van der Waals surface area (Å²) in [6, 6.07) is 5.23. The molecule has 12 nitrogen and oxygen atoms in total. The summed E-state index contributed by atoms with van der Waals surface area (Å²) in [5.74, 6) is -0.993. The Kier molecular flexibility index (Phi) is 6.95. The van der Waals surface area contributed by atoms with E-state index in [0.717, 1.165) is 54.5 Å². The molecule has 5 aliphatic rings. The minimum atomic E-state index is -0.541. The van der Waals surface area contributed by atoms with Crippen LogP contribution in [0.15, 0.2) is 23.0 Å². The predicted molar refractivity (Wildman–Crippen MR) is 161 cm³/mol. The lowest BCUT2D eigenvalue weighted by Crippen LogP contribution is -2.51. The molecular weight excluding hydrogens is 586 g/mol. The molecule has 3 aromatic rings. The van der Waals surface area contributed by atoms with Crippen LogP contribution in [0.3, 0.4) is 0 Å². The Morgan fingerprint density at radius 1 is 1.11 bits per heavy atom. The molecule has 0 radical (unpaired) electrons. The average molecular weight is 620 g/mol. The first-order valence-corrected chi connectivity index (χ1v) is 15.8. The Morgan fingerprint density at radius 2 is 1.89 bits per heavy atom. The van der Waals surface area contributed by atoms with Crippen LogP contribution < -0.4 is 26.2 Å². The second-order valence-electron chi connectivity index (χ2n) is 12.5. The molecule has 1 atom stereocenters.